The molecule has 0 radical (unpaired) electrons. The van der Waals surface area contributed by atoms with Gasteiger partial charge in [0.15, 0.2) is 0 Å². The molecule has 0 spiro atoms. The van der Waals surface area contributed by atoms with E-state index in [4.69, 9.17) is 32.7 Å². The van der Waals surface area contributed by atoms with E-state index in [0.29, 0.717) is 17.9 Å². The summed E-state index contributed by atoms with van der Waals surface area (Å²) in [6, 6.07) is 9.58. The first kappa shape index (κ1) is 18.9. The predicted octanol–water partition coefficient (Wildman–Crippen LogP) is 3.53. The highest BCUT2D eigenvalue weighted by atomic mass is 35.5. The molecule has 2 rings (SSSR count). The summed E-state index contributed by atoms with van der Waals surface area (Å²) in [5.41, 5.74) is 0.887. The van der Waals surface area contributed by atoms with E-state index in [1.54, 1.807) is 20.3 Å². The number of hydrogen-bond donors (Lipinski definition) is 1. The van der Waals surface area contributed by atoms with Crippen molar-refractivity contribution in [1.29, 1.82) is 0 Å². The van der Waals surface area contributed by atoms with Gasteiger partial charge in [-0.15, -0.1) is 0 Å². The second kappa shape index (κ2) is 8.07. The van der Waals surface area contributed by atoms with Crippen molar-refractivity contribution >= 4 is 33.2 Å². The third kappa shape index (κ3) is 5.01. The van der Waals surface area contributed by atoms with Crippen LogP contribution in [0.2, 0.25) is 10.0 Å². The Morgan fingerprint density at radius 1 is 0.917 bits per heavy atom. The predicted molar refractivity (Wildman–Crippen MR) is 94.9 cm³/mol. The van der Waals surface area contributed by atoms with E-state index in [9.17, 15) is 8.42 Å². The minimum Gasteiger partial charge on any atom is -0.497 e. The molecule has 0 aliphatic rings. The van der Waals surface area contributed by atoms with Gasteiger partial charge in [0.2, 0.25) is 10.0 Å². The van der Waals surface area contributed by atoms with Gasteiger partial charge >= 0.3 is 0 Å². The molecule has 8 heteroatoms. The maximum absolute atomic E-state index is 12.3. The highest BCUT2D eigenvalue weighted by Crippen LogP contribution is 2.24. The standard InChI is InChI=1S/C16H17Cl2NO4S/c1-22-14-5-11(6-15(10-14)23-2)3-4-19-24(20,21)16-8-12(17)7-13(18)9-16/h5-10,19H,3-4H2,1-2H3. The van der Waals surface area contributed by atoms with Crippen LogP contribution in [0, 0.1) is 0 Å². The fraction of sp³-hybridized carbons (Fsp3) is 0.250. The molecule has 0 fully saturated rings. The van der Waals surface area contributed by atoms with Crippen LogP contribution in [-0.2, 0) is 16.4 Å². The molecule has 24 heavy (non-hydrogen) atoms. The summed E-state index contributed by atoms with van der Waals surface area (Å²) < 4.78 is 37.5. The van der Waals surface area contributed by atoms with Gasteiger partial charge in [0, 0.05) is 22.7 Å². The molecule has 5 nitrogen and oxygen atoms in total. The fourth-order valence-corrected chi connectivity index (χ4v) is 3.86. The van der Waals surface area contributed by atoms with Gasteiger partial charge in [0.1, 0.15) is 11.5 Å². The summed E-state index contributed by atoms with van der Waals surface area (Å²) in [7, 11) is -0.569. The average Bonchev–Trinajstić information content (AvgIpc) is 2.53. The van der Waals surface area contributed by atoms with E-state index in [0.717, 1.165) is 5.56 Å². The number of sulfonamides is 1. The quantitative estimate of drug-likeness (QED) is 0.786. The van der Waals surface area contributed by atoms with Crippen molar-refractivity contribution in [3.63, 3.8) is 0 Å². The normalized spacial score (nSPS) is 11.3. The Balaban J connectivity index is 2.08. The molecular formula is C16H17Cl2NO4S. The van der Waals surface area contributed by atoms with Crippen LogP contribution in [0.5, 0.6) is 11.5 Å². The molecule has 0 unspecified atom stereocenters. The fourth-order valence-electron chi connectivity index (χ4n) is 2.11. The Morgan fingerprint density at radius 3 is 1.96 bits per heavy atom. The summed E-state index contributed by atoms with van der Waals surface area (Å²) in [4.78, 5) is 0.0308. The summed E-state index contributed by atoms with van der Waals surface area (Å²) in [6.45, 7) is 0.211. The number of halogens is 2. The van der Waals surface area contributed by atoms with E-state index in [2.05, 4.69) is 4.72 Å². The van der Waals surface area contributed by atoms with Crippen LogP contribution in [0.4, 0.5) is 0 Å². The molecule has 0 atom stereocenters. The van der Waals surface area contributed by atoms with Gasteiger partial charge in [-0.25, -0.2) is 13.1 Å². The minimum absolute atomic E-state index is 0.0308. The molecule has 0 aromatic heterocycles. The lowest BCUT2D eigenvalue weighted by Crippen LogP contribution is -2.26. The van der Waals surface area contributed by atoms with E-state index in [1.807, 2.05) is 12.1 Å². The van der Waals surface area contributed by atoms with Gasteiger partial charge in [-0.2, -0.15) is 0 Å². The number of rotatable bonds is 7. The summed E-state index contributed by atoms with van der Waals surface area (Å²) in [6.07, 6.45) is 0.473. The Bertz CT molecular complexity index is 782. The molecule has 130 valence electrons. The van der Waals surface area contributed by atoms with Crippen molar-refractivity contribution in [2.75, 3.05) is 20.8 Å². The van der Waals surface area contributed by atoms with Crippen molar-refractivity contribution in [3.05, 3.63) is 52.0 Å². The minimum atomic E-state index is -3.69. The zero-order valence-corrected chi connectivity index (χ0v) is 15.5. The Morgan fingerprint density at radius 2 is 1.46 bits per heavy atom. The zero-order chi connectivity index (χ0) is 17.7. The number of nitrogens with one attached hydrogen (secondary N) is 1. The van der Waals surface area contributed by atoms with E-state index in [1.165, 1.54) is 18.2 Å². The third-order valence-electron chi connectivity index (χ3n) is 3.26. The summed E-state index contributed by atoms with van der Waals surface area (Å²) in [5.74, 6) is 1.29. The lowest BCUT2D eigenvalue weighted by atomic mass is 10.1. The first-order chi connectivity index (χ1) is 11.3. The molecule has 0 saturated carbocycles. The number of hydrogen-bond acceptors (Lipinski definition) is 4. The maximum atomic E-state index is 12.3. The van der Waals surface area contributed by atoms with Crippen LogP contribution < -0.4 is 14.2 Å². The van der Waals surface area contributed by atoms with E-state index >= 15 is 0 Å². The third-order valence-corrected chi connectivity index (χ3v) is 5.14. The first-order valence-corrected chi connectivity index (χ1v) is 9.25. The first-order valence-electron chi connectivity index (χ1n) is 7.02. The van der Waals surface area contributed by atoms with Crippen LogP contribution in [-0.4, -0.2) is 29.2 Å². The van der Waals surface area contributed by atoms with Gasteiger partial charge < -0.3 is 9.47 Å². The molecule has 0 aliphatic heterocycles. The average molecular weight is 390 g/mol. The zero-order valence-electron chi connectivity index (χ0n) is 13.2. The topological polar surface area (TPSA) is 64.6 Å². The van der Waals surface area contributed by atoms with Crippen molar-refractivity contribution in [2.45, 2.75) is 11.3 Å². The molecular weight excluding hydrogens is 373 g/mol. The number of benzene rings is 2. The molecule has 1 N–H and O–H groups in total. The maximum Gasteiger partial charge on any atom is 0.240 e. The van der Waals surface area contributed by atoms with Gasteiger partial charge in [0.05, 0.1) is 19.1 Å². The van der Waals surface area contributed by atoms with Crippen LogP contribution >= 0.6 is 23.2 Å². The largest absolute Gasteiger partial charge is 0.497 e. The van der Waals surface area contributed by atoms with Gasteiger partial charge in [-0.05, 0) is 42.3 Å². The van der Waals surface area contributed by atoms with Crippen molar-refractivity contribution in [1.82, 2.24) is 4.72 Å². The SMILES string of the molecule is COc1cc(CCNS(=O)(=O)c2cc(Cl)cc(Cl)c2)cc(OC)c1. The molecule has 0 saturated heterocycles. The van der Waals surface area contributed by atoms with Gasteiger partial charge in [-0.3, -0.25) is 0 Å². The van der Waals surface area contributed by atoms with Crippen LogP contribution in [0.1, 0.15) is 5.56 Å². The number of ether oxygens (including phenoxy) is 2. The van der Waals surface area contributed by atoms with E-state index in [-0.39, 0.29) is 21.5 Å². The van der Waals surface area contributed by atoms with Crippen LogP contribution in [0.25, 0.3) is 0 Å². The molecule has 0 aliphatic carbocycles. The Hall–Kier alpha value is -1.47. The monoisotopic (exact) mass is 389 g/mol. The smallest absolute Gasteiger partial charge is 0.240 e. The lowest BCUT2D eigenvalue weighted by Gasteiger charge is -2.10. The second-order valence-corrected chi connectivity index (χ2v) is 7.61. The van der Waals surface area contributed by atoms with Gasteiger partial charge in [0.25, 0.3) is 0 Å². The van der Waals surface area contributed by atoms with Crippen LogP contribution in [0.15, 0.2) is 41.3 Å². The Kier molecular flexibility index (Phi) is 6.34. The summed E-state index contributed by atoms with van der Waals surface area (Å²) in [5, 5.41) is 0.529. The van der Waals surface area contributed by atoms with Gasteiger partial charge in [-0.1, -0.05) is 23.2 Å². The molecule has 0 amide bonds. The molecule has 2 aromatic carbocycles. The van der Waals surface area contributed by atoms with Crippen LogP contribution in [0.3, 0.4) is 0 Å². The molecule has 0 bridgehead atoms. The highest BCUT2D eigenvalue weighted by Gasteiger charge is 2.15. The Labute approximate surface area is 151 Å². The molecule has 0 heterocycles. The van der Waals surface area contributed by atoms with Crippen molar-refractivity contribution in [2.24, 2.45) is 0 Å². The summed E-state index contributed by atoms with van der Waals surface area (Å²) >= 11 is 11.7. The van der Waals surface area contributed by atoms with Crippen molar-refractivity contribution in [3.8, 4) is 11.5 Å². The van der Waals surface area contributed by atoms with E-state index < -0.39 is 10.0 Å². The second-order valence-electron chi connectivity index (χ2n) is 4.97. The lowest BCUT2D eigenvalue weighted by molar-refractivity contribution is 0.393. The highest BCUT2D eigenvalue weighted by molar-refractivity contribution is 7.89. The number of methoxy groups -OCH3 is 2. The molecule has 2 aromatic rings. The van der Waals surface area contributed by atoms with Crippen molar-refractivity contribution < 1.29 is 17.9 Å².